The lowest BCUT2D eigenvalue weighted by Crippen LogP contribution is -2.38. The zero-order valence-electron chi connectivity index (χ0n) is 10.9. The van der Waals surface area contributed by atoms with E-state index in [0.717, 1.165) is 13.0 Å². The second kappa shape index (κ2) is 6.06. The molecule has 2 nitrogen and oxygen atoms in total. The highest BCUT2D eigenvalue weighted by Crippen LogP contribution is 2.31. The highest BCUT2D eigenvalue weighted by atomic mass is 15.2. The van der Waals surface area contributed by atoms with Crippen LogP contribution in [0.3, 0.4) is 0 Å². The number of para-hydroxylation sites is 1. The molecule has 0 aliphatic carbocycles. The van der Waals surface area contributed by atoms with Gasteiger partial charge in [-0.15, -0.1) is 0 Å². The predicted molar refractivity (Wildman–Crippen MR) is 74.5 cm³/mol. The smallest absolute Gasteiger partial charge is 0.0453 e. The Kier molecular flexibility index (Phi) is 4.43. The number of hydrogen-bond acceptors (Lipinski definition) is 2. The van der Waals surface area contributed by atoms with Gasteiger partial charge in [-0.2, -0.15) is 0 Å². The van der Waals surface area contributed by atoms with Gasteiger partial charge >= 0.3 is 0 Å². The average molecular weight is 232 g/mol. The van der Waals surface area contributed by atoms with Crippen molar-refractivity contribution in [2.24, 2.45) is 5.73 Å². The monoisotopic (exact) mass is 232 g/mol. The van der Waals surface area contributed by atoms with Crippen molar-refractivity contribution in [3.05, 3.63) is 29.8 Å². The molecule has 1 aliphatic heterocycles. The minimum atomic E-state index is 0.522. The van der Waals surface area contributed by atoms with E-state index in [1.165, 1.54) is 43.5 Å². The number of rotatable bonds is 6. The van der Waals surface area contributed by atoms with Gasteiger partial charge in [0, 0.05) is 24.8 Å². The first-order valence-electron chi connectivity index (χ1n) is 6.91. The molecule has 1 unspecified atom stereocenters. The van der Waals surface area contributed by atoms with Gasteiger partial charge in [0.25, 0.3) is 0 Å². The van der Waals surface area contributed by atoms with Crippen molar-refractivity contribution in [3.63, 3.8) is 0 Å². The first-order chi connectivity index (χ1) is 8.36. The summed E-state index contributed by atoms with van der Waals surface area (Å²) in [6.07, 6.45) is 6.41. The van der Waals surface area contributed by atoms with Crippen LogP contribution in [-0.4, -0.2) is 19.1 Å². The van der Waals surface area contributed by atoms with Crippen LogP contribution >= 0.6 is 0 Å². The Labute approximate surface area is 105 Å². The Bertz CT molecular complexity index is 349. The molecule has 94 valence electrons. The standard InChI is InChI=1S/C15H24N2/c1-2-3-4-7-10-17-14(12-16)11-13-8-5-6-9-15(13)17/h5-6,8-9,14H,2-4,7,10-12,16H2,1H3. The third-order valence-corrected chi connectivity index (χ3v) is 3.72. The summed E-state index contributed by atoms with van der Waals surface area (Å²) in [5.41, 5.74) is 8.78. The van der Waals surface area contributed by atoms with Crippen LogP contribution in [0.5, 0.6) is 0 Å². The fraction of sp³-hybridized carbons (Fsp3) is 0.600. The van der Waals surface area contributed by atoms with Crippen molar-refractivity contribution in [1.82, 2.24) is 0 Å². The number of nitrogens with two attached hydrogens (primary N) is 1. The molecule has 2 rings (SSSR count). The highest BCUT2D eigenvalue weighted by Gasteiger charge is 2.26. The van der Waals surface area contributed by atoms with E-state index in [9.17, 15) is 0 Å². The second-order valence-electron chi connectivity index (χ2n) is 4.98. The normalized spacial score (nSPS) is 18.5. The van der Waals surface area contributed by atoms with Gasteiger partial charge in [-0.25, -0.2) is 0 Å². The first-order valence-corrected chi connectivity index (χ1v) is 6.91. The predicted octanol–water partition coefficient (Wildman–Crippen LogP) is 2.96. The lowest BCUT2D eigenvalue weighted by atomic mass is 10.1. The van der Waals surface area contributed by atoms with Crippen LogP contribution in [0.4, 0.5) is 5.69 Å². The van der Waals surface area contributed by atoms with Gasteiger partial charge < -0.3 is 10.6 Å². The fourth-order valence-corrected chi connectivity index (χ4v) is 2.75. The number of unbranched alkanes of at least 4 members (excludes halogenated alkanes) is 3. The molecule has 1 aromatic rings. The molecule has 1 atom stereocenters. The molecule has 0 radical (unpaired) electrons. The minimum Gasteiger partial charge on any atom is -0.367 e. The summed E-state index contributed by atoms with van der Waals surface area (Å²) in [6.45, 7) is 4.19. The summed E-state index contributed by atoms with van der Waals surface area (Å²) >= 11 is 0. The van der Waals surface area contributed by atoms with E-state index < -0.39 is 0 Å². The van der Waals surface area contributed by atoms with E-state index in [-0.39, 0.29) is 0 Å². The van der Waals surface area contributed by atoms with Crippen molar-refractivity contribution >= 4 is 5.69 Å². The lowest BCUT2D eigenvalue weighted by molar-refractivity contribution is 0.586. The fourth-order valence-electron chi connectivity index (χ4n) is 2.75. The second-order valence-corrected chi connectivity index (χ2v) is 4.98. The lowest BCUT2D eigenvalue weighted by Gasteiger charge is -2.26. The molecule has 0 saturated carbocycles. The van der Waals surface area contributed by atoms with Crippen LogP contribution in [0.1, 0.15) is 38.2 Å². The van der Waals surface area contributed by atoms with Gasteiger partial charge in [-0.1, -0.05) is 44.4 Å². The summed E-state index contributed by atoms with van der Waals surface area (Å²) in [5.74, 6) is 0. The molecule has 0 aromatic heterocycles. The number of anilines is 1. The molecule has 1 aromatic carbocycles. The van der Waals surface area contributed by atoms with E-state index in [4.69, 9.17) is 5.73 Å². The summed E-state index contributed by atoms with van der Waals surface area (Å²) in [4.78, 5) is 2.52. The maximum atomic E-state index is 5.89. The summed E-state index contributed by atoms with van der Waals surface area (Å²) < 4.78 is 0. The number of fused-ring (bicyclic) bond motifs is 1. The van der Waals surface area contributed by atoms with Gasteiger partial charge in [0.1, 0.15) is 0 Å². The third kappa shape index (κ3) is 2.81. The maximum Gasteiger partial charge on any atom is 0.0453 e. The quantitative estimate of drug-likeness (QED) is 0.764. The zero-order valence-corrected chi connectivity index (χ0v) is 10.9. The van der Waals surface area contributed by atoms with E-state index in [0.29, 0.717) is 6.04 Å². The molecular formula is C15H24N2. The van der Waals surface area contributed by atoms with E-state index >= 15 is 0 Å². The van der Waals surface area contributed by atoms with Crippen molar-refractivity contribution in [1.29, 1.82) is 0 Å². The minimum absolute atomic E-state index is 0.522. The Morgan fingerprint density at radius 1 is 1.24 bits per heavy atom. The van der Waals surface area contributed by atoms with E-state index in [1.54, 1.807) is 0 Å². The van der Waals surface area contributed by atoms with Crippen molar-refractivity contribution in [3.8, 4) is 0 Å². The molecule has 0 amide bonds. The molecule has 0 spiro atoms. The van der Waals surface area contributed by atoms with Crippen molar-refractivity contribution < 1.29 is 0 Å². The number of benzene rings is 1. The largest absolute Gasteiger partial charge is 0.367 e. The summed E-state index contributed by atoms with van der Waals surface area (Å²) in [5, 5.41) is 0. The Morgan fingerprint density at radius 3 is 2.82 bits per heavy atom. The molecule has 0 saturated heterocycles. The molecule has 0 fully saturated rings. The summed E-state index contributed by atoms with van der Waals surface area (Å²) in [7, 11) is 0. The highest BCUT2D eigenvalue weighted by molar-refractivity contribution is 5.59. The van der Waals surface area contributed by atoms with E-state index in [2.05, 4.69) is 36.1 Å². The first kappa shape index (κ1) is 12.4. The molecular weight excluding hydrogens is 208 g/mol. The SMILES string of the molecule is CCCCCCN1c2ccccc2CC1CN. The van der Waals surface area contributed by atoms with Crippen LogP contribution < -0.4 is 10.6 Å². The number of nitrogens with zero attached hydrogens (tertiary/aromatic N) is 1. The molecule has 1 aliphatic rings. The van der Waals surface area contributed by atoms with E-state index in [1.807, 2.05) is 0 Å². The van der Waals surface area contributed by atoms with Crippen LogP contribution in [0, 0.1) is 0 Å². The average Bonchev–Trinajstić information content (AvgIpc) is 2.73. The van der Waals surface area contributed by atoms with Gasteiger partial charge in [-0.05, 0) is 24.5 Å². The molecule has 0 bridgehead atoms. The molecule has 1 heterocycles. The van der Waals surface area contributed by atoms with Gasteiger partial charge in [0.2, 0.25) is 0 Å². The Hall–Kier alpha value is -1.02. The topological polar surface area (TPSA) is 29.3 Å². The van der Waals surface area contributed by atoms with Gasteiger partial charge in [0.05, 0.1) is 0 Å². The Morgan fingerprint density at radius 2 is 2.06 bits per heavy atom. The Balaban J connectivity index is 1.98. The van der Waals surface area contributed by atoms with Gasteiger partial charge in [-0.3, -0.25) is 0 Å². The van der Waals surface area contributed by atoms with Crippen molar-refractivity contribution in [2.45, 2.75) is 45.1 Å². The van der Waals surface area contributed by atoms with Crippen LogP contribution in [0.25, 0.3) is 0 Å². The summed E-state index contributed by atoms with van der Waals surface area (Å²) in [6, 6.07) is 9.27. The van der Waals surface area contributed by atoms with Crippen LogP contribution in [-0.2, 0) is 6.42 Å². The maximum absolute atomic E-state index is 5.89. The van der Waals surface area contributed by atoms with Gasteiger partial charge in [0.15, 0.2) is 0 Å². The molecule has 2 heteroatoms. The van der Waals surface area contributed by atoms with Crippen LogP contribution in [0.2, 0.25) is 0 Å². The molecule has 2 N–H and O–H groups in total. The number of hydrogen-bond donors (Lipinski definition) is 1. The zero-order chi connectivity index (χ0) is 12.1. The van der Waals surface area contributed by atoms with Crippen LogP contribution in [0.15, 0.2) is 24.3 Å². The third-order valence-electron chi connectivity index (χ3n) is 3.72. The van der Waals surface area contributed by atoms with Crippen molar-refractivity contribution in [2.75, 3.05) is 18.0 Å². The molecule has 17 heavy (non-hydrogen) atoms.